The highest BCUT2D eigenvalue weighted by molar-refractivity contribution is 6.26. The van der Waals surface area contributed by atoms with Gasteiger partial charge in [-0.05, 0) is 105 Å². The van der Waals surface area contributed by atoms with Crippen LogP contribution in [-0.4, -0.2) is 0 Å². The fourth-order valence-corrected chi connectivity index (χ4v) is 7.30. The van der Waals surface area contributed by atoms with Crippen molar-refractivity contribution < 1.29 is 0 Å². The Kier molecular flexibility index (Phi) is 5.61. The van der Waals surface area contributed by atoms with Crippen molar-refractivity contribution in [1.82, 2.24) is 0 Å². The minimum Gasteiger partial charge on any atom is -0.0622 e. The first-order chi connectivity index (χ1) is 21.8. The van der Waals surface area contributed by atoms with E-state index in [0.29, 0.717) is 0 Å². The zero-order chi connectivity index (χ0) is 29.0. The van der Waals surface area contributed by atoms with Gasteiger partial charge in [-0.1, -0.05) is 152 Å². The molecule has 0 aromatic heterocycles. The van der Waals surface area contributed by atoms with Crippen LogP contribution in [0.1, 0.15) is 0 Å². The molecule has 0 aliphatic heterocycles. The van der Waals surface area contributed by atoms with Gasteiger partial charge in [-0.2, -0.15) is 0 Å². The normalized spacial score (nSPS) is 11.6. The van der Waals surface area contributed by atoms with E-state index in [9.17, 15) is 0 Å². The molecule has 0 fully saturated rings. The summed E-state index contributed by atoms with van der Waals surface area (Å²) in [6.45, 7) is 0. The van der Waals surface area contributed by atoms with Gasteiger partial charge in [0.05, 0.1) is 0 Å². The van der Waals surface area contributed by atoms with Crippen molar-refractivity contribution in [3.05, 3.63) is 170 Å². The predicted octanol–water partition coefficient (Wildman–Crippen LogP) is 12.5. The first-order valence-corrected chi connectivity index (χ1v) is 15.3. The number of benzene rings is 9. The van der Waals surface area contributed by atoms with Crippen molar-refractivity contribution in [2.45, 2.75) is 0 Å². The van der Waals surface area contributed by atoms with Crippen LogP contribution in [0.15, 0.2) is 170 Å². The summed E-state index contributed by atoms with van der Waals surface area (Å²) in [7, 11) is 0. The zero-order valence-electron chi connectivity index (χ0n) is 24.2. The Morgan fingerprint density at radius 3 is 1.32 bits per heavy atom. The van der Waals surface area contributed by atoms with E-state index in [1.54, 1.807) is 0 Å². The molecule has 44 heavy (non-hydrogen) atoms. The first-order valence-electron chi connectivity index (χ1n) is 15.3. The molecule has 0 aliphatic carbocycles. The SMILES string of the molecule is c1ccc(-c2cc(-c3c4ccccc4c(-c4cc5ccccc5c5ccccc45)c4ccccc34)cc3ccccc23)cc1. The molecule has 0 atom stereocenters. The summed E-state index contributed by atoms with van der Waals surface area (Å²) in [5, 5.41) is 12.7. The quantitative estimate of drug-likeness (QED) is 0.150. The lowest BCUT2D eigenvalue weighted by atomic mass is 9.83. The Hall–Kier alpha value is -5.72. The third kappa shape index (κ3) is 3.78. The van der Waals surface area contributed by atoms with Gasteiger partial charge in [0.25, 0.3) is 0 Å². The molecule has 0 aliphatic rings. The van der Waals surface area contributed by atoms with Crippen LogP contribution in [-0.2, 0) is 0 Å². The van der Waals surface area contributed by atoms with Crippen molar-refractivity contribution in [1.29, 1.82) is 0 Å². The van der Waals surface area contributed by atoms with Crippen LogP contribution in [0.4, 0.5) is 0 Å². The summed E-state index contributed by atoms with van der Waals surface area (Å²) < 4.78 is 0. The third-order valence-corrected chi connectivity index (χ3v) is 9.20. The molecule has 0 unspecified atom stereocenters. The molecular weight excluding hydrogens is 528 g/mol. The number of hydrogen-bond donors (Lipinski definition) is 0. The minimum atomic E-state index is 1.23. The molecule has 9 aromatic rings. The van der Waals surface area contributed by atoms with Gasteiger partial charge in [-0.15, -0.1) is 0 Å². The van der Waals surface area contributed by atoms with Gasteiger partial charge in [0.1, 0.15) is 0 Å². The van der Waals surface area contributed by atoms with E-state index in [2.05, 4.69) is 170 Å². The van der Waals surface area contributed by atoms with Crippen LogP contribution in [0.2, 0.25) is 0 Å². The summed E-state index contributed by atoms with van der Waals surface area (Å²) in [6.07, 6.45) is 0. The Bertz CT molecular complexity index is 2480. The average Bonchev–Trinajstić information content (AvgIpc) is 3.10. The second kappa shape index (κ2) is 9.93. The molecule has 0 spiro atoms. The van der Waals surface area contributed by atoms with Crippen molar-refractivity contribution in [3.63, 3.8) is 0 Å². The predicted molar refractivity (Wildman–Crippen MR) is 190 cm³/mol. The van der Waals surface area contributed by atoms with Crippen LogP contribution in [0.25, 0.3) is 87.2 Å². The summed E-state index contributed by atoms with van der Waals surface area (Å²) in [6, 6.07) is 62.3. The van der Waals surface area contributed by atoms with Gasteiger partial charge in [-0.3, -0.25) is 0 Å². The maximum atomic E-state index is 2.40. The number of rotatable bonds is 3. The number of fused-ring (bicyclic) bond motifs is 6. The highest BCUT2D eigenvalue weighted by Crippen LogP contribution is 2.47. The van der Waals surface area contributed by atoms with Gasteiger partial charge in [0.2, 0.25) is 0 Å². The Morgan fingerprint density at radius 1 is 0.227 bits per heavy atom. The third-order valence-electron chi connectivity index (χ3n) is 9.20. The summed E-state index contributed by atoms with van der Waals surface area (Å²) >= 11 is 0. The highest BCUT2D eigenvalue weighted by Gasteiger charge is 2.19. The van der Waals surface area contributed by atoms with Gasteiger partial charge >= 0.3 is 0 Å². The Labute approximate surface area is 256 Å². The zero-order valence-corrected chi connectivity index (χ0v) is 24.2. The van der Waals surface area contributed by atoms with E-state index >= 15 is 0 Å². The van der Waals surface area contributed by atoms with Crippen LogP contribution >= 0.6 is 0 Å². The molecule has 0 heterocycles. The Morgan fingerprint density at radius 2 is 0.682 bits per heavy atom. The van der Waals surface area contributed by atoms with Crippen molar-refractivity contribution in [3.8, 4) is 33.4 Å². The van der Waals surface area contributed by atoms with Gasteiger partial charge < -0.3 is 0 Å². The molecule has 0 heteroatoms. The molecule has 0 radical (unpaired) electrons. The molecular formula is C44H28. The Balaban J connectivity index is 1.43. The summed E-state index contributed by atoms with van der Waals surface area (Å²) in [4.78, 5) is 0. The second-order valence-electron chi connectivity index (χ2n) is 11.6. The fourth-order valence-electron chi connectivity index (χ4n) is 7.30. The molecule has 0 saturated heterocycles. The van der Waals surface area contributed by atoms with Crippen LogP contribution in [0.3, 0.4) is 0 Å². The van der Waals surface area contributed by atoms with Crippen LogP contribution < -0.4 is 0 Å². The lowest BCUT2D eigenvalue weighted by Gasteiger charge is -2.20. The van der Waals surface area contributed by atoms with Crippen LogP contribution in [0, 0.1) is 0 Å². The van der Waals surface area contributed by atoms with E-state index in [1.807, 2.05) is 0 Å². The van der Waals surface area contributed by atoms with E-state index in [-0.39, 0.29) is 0 Å². The van der Waals surface area contributed by atoms with Crippen molar-refractivity contribution >= 4 is 53.9 Å². The fraction of sp³-hybridized carbons (Fsp3) is 0. The monoisotopic (exact) mass is 556 g/mol. The van der Waals surface area contributed by atoms with E-state index in [4.69, 9.17) is 0 Å². The standard InChI is InChI=1S/C44H28/c1-2-14-29(15-3-1)41-28-32(26-30-16-4-7-19-34(30)41)43-37-22-10-12-24-39(37)44(40-25-13-11-23-38(40)43)42-27-31-17-5-6-18-33(31)35-20-8-9-21-36(35)42/h1-28H. The lowest BCUT2D eigenvalue weighted by Crippen LogP contribution is -1.93. The molecule has 0 N–H and O–H groups in total. The topological polar surface area (TPSA) is 0 Å². The molecule has 9 aromatic carbocycles. The first kappa shape index (κ1) is 24.8. The number of hydrogen-bond acceptors (Lipinski definition) is 0. The van der Waals surface area contributed by atoms with E-state index in [1.165, 1.54) is 87.2 Å². The summed E-state index contributed by atoms with van der Waals surface area (Å²) in [5.74, 6) is 0. The molecule has 0 bridgehead atoms. The smallest absolute Gasteiger partial charge is 0.00199 e. The van der Waals surface area contributed by atoms with Gasteiger partial charge in [-0.25, -0.2) is 0 Å². The van der Waals surface area contributed by atoms with E-state index in [0.717, 1.165) is 0 Å². The largest absolute Gasteiger partial charge is 0.0622 e. The molecule has 9 rings (SSSR count). The second-order valence-corrected chi connectivity index (χ2v) is 11.6. The van der Waals surface area contributed by atoms with Crippen molar-refractivity contribution in [2.75, 3.05) is 0 Å². The average molecular weight is 557 g/mol. The maximum absolute atomic E-state index is 2.40. The molecule has 0 nitrogen and oxygen atoms in total. The van der Waals surface area contributed by atoms with Crippen molar-refractivity contribution in [2.24, 2.45) is 0 Å². The van der Waals surface area contributed by atoms with Gasteiger partial charge in [0, 0.05) is 0 Å². The molecule has 0 amide bonds. The minimum absolute atomic E-state index is 1.23. The highest BCUT2D eigenvalue weighted by atomic mass is 14.2. The van der Waals surface area contributed by atoms with Gasteiger partial charge in [0.15, 0.2) is 0 Å². The van der Waals surface area contributed by atoms with Crippen LogP contribution in [0.5, 0.6) is 0 Å². The summed E-state index contributed by atoms with van der Waals surface area (Å²) in [5.41, 5.74) is 7.60. The van der Waals surface area contributed by atoms with E-state index < -0.39 is 0 Å². The lowest BCUT2D eigenvalue weighted by molar-refractivity contribution is 1.64. The molecule has 204 valence electrons. The molecule has 0 saturated carbocycles. The maximum Gasteiger partial charge on any atom is -0.00199 e.